The van der Waals surface area contributed by atoms with E-state index < -0.39 is 0 Å². The second-order valence-electron chi connectivity index (χ2n) is 4.45. The summed E-state index contributed by atoms with van der Waals surface area (Å²) in [7, 11) is 0. The molecule has 0 fully saturated rings. The normalized spacial score (nSPS) is 21.1. The summed E-state index contributed by atoms with van der Waals surface area (Å²) in [5, 5.41) is 6.96. The van der Waals surface area contributed by atoms with Crippen LogP contribution in [0, 0.1) is 0 Å². The fourth-order valence-electron chi connectivity index (χ4n) is 2.25. The van der Waals surface area contributed by atoms with Gasteiger partial charge in [0.2, 0.25) is 0 Å². The second-order valence-corrected chi connectivity index (χ2v) is 4.45. The molecule has 0 saturated heterocycles. The average Bonchev–Trinajstić information content (AvgIpc) is 2.32. The lowest BCUT2D eigenvalue weighted by Crippen LogP contribution is -2.20. The average molecular weight is 206 g/mol. The first-order valence-corrected chi connectivity index (χ1v) is 6.31. The van der Waals surface area contributed by atoms with Gasteiger partial charge in [0.15, 0.2) is 0 Å². The molecule has 0 saturated carbocycles. The Morgan fingerprint density at radius 3 is 1.80 bits per heavy atom. The Morgan fingerprint density at radius 1 is 0.867 bits per heavy atom. The Morgan fingerprint density at radius 2 is 1.40 bits per heavy atom. The van der Waals surface area contributed by atoms with Crippen LogP contribution in [0.15, 0.2) is 23.5 Å². The van der Waals surface area contributed by atoms with Crippen molar-refractivity contribution in [2.75, 3.05) is 13.1 Å². The molecule has 0 radical (unpaired) electrons. The van der Waals surface area contributed by atoms with E-state index in [4.69, 9.17) is 0 Å². The Labute approximate surface area is 92.8 Å². The van der Waals surface area contributed by atoms with Gasteiger partial charge in [0.1, 0.15) is 0 Å². The third-order valence-electron chi connectivity index (χ3n) is 3.14. The number of hydrogen-bond acceptors (Lipinski definition) is 2. The minimum Gasteiger partial charge on any atom is -0.389 e. The van der Waals surface area contributed by atoms with Crippen molar-refractivity contribution in [2.45, 2.75) is 44.9 Å². The van der Waals surface area contributed by atoms with E-state index in [0.29, 0.717) is 0 Å². The van der Waals surface area contributed by atoms with Crippen LogP contribution < -0.4 is 10.6 Å². The van der Waals surface area contributed by atoms with Gasteiger partial charge in [-0.3, -0.25) is 0 Å². The first-order valence-electron chi connectivity index (χ1n) is 6.31. The van der Waals surface area contributed by atoms with Crippen molar-refractivity contribution in [3.8, 4) is 0 Å². The maximum Gasteiger partial charge on any atom is 0.0146 e. The molecular weight excluding hydrogens is 184 g/mol. The largest absolute Gasteiger partial charge is 0.389 e. The highest BCUT2D eigenvalue weighted by atomic mass is 14.9. The third-order valence-corrected chi connectivity index (χ3v) is 3.14. The molecule has 0 aromatic carbocycles. The monoisotopic (exact) mass is 206 g/mol. The van der Waals surface area contributed by atoms with E-state index in [0.717, 1.165) is 0 Å². The van der Waals surface area contributed by atoms with Gasteiger partial charge in [-0.2, -0.15) is 0 Å². The highest BCUT2D eigenvalue weighted by Gasteiger charge is 2.04. The molecule has 2 aliphatic heterocycles. The van der Waals surface area contributed by atoms with Crippen LogP contribution >= 0.6 is 0 Å². The smallest absolute Gasteiger partial charge is 0.0146 e. The molecular formula is C13H22N2. The molecule has 0 aliphatic carbocycles. The van der Waals surface area contributed by atoms with Crippen LogP contribution in [-0.2, 0) is 0 Å². The molecule has 2 heterocycles. The summed E-state index contributed by atoms with van der Waals surface area (Å²) < 4.78 is 0. The predicted molar refractivity (Wildman–Crippen MR) is 64.5 cm³/mol. The summed E-state index contributed by atoms with van der Waals surface area (Å²) in [5.74, 6) is 0. The minimum atomic E-state index is 1.17. The van der Waals surface area contributed by atoms with Gasteiger partial charge < -0.3 is 10.6 Å². The van der Waals surface area contributed by atoms with Gasteiger partial charge in [0.25, 0.3) is 0 Å². The van der Waals surface area contributed by atoms with Gasteiger partial charge in [-0.05, 0) is 44.9 Å². The molecule has 0 bridgehead atoms. The van der Waals surface area contributed by atoms with E-state index in [1.54, 1.807) is 0 Å². The van der Waals surface area contributed by atoms with Crippen molar-refractivity contribution in [3.05, 3.63) is 23.5 Å². The minimum absolute atomic E-state index is 1.17. The standard InChI is InChI=1S/C13H22N2/c1-3-10-14-12(6-1)8-5-9-13-7-2-4-11-15-13/h6-7,14-15H,1-5,8-11H2. The van der Waals surface area contributed by atoms with Crippen LogP contribution in [0.4, 0.5) is 0 Å². The van der Waals surface area contributed by atoms with Gasteiger partial charge in [-0.15, -0.1) is 0 Å². The summed E-state index contributed by atoms with van der Waals surface area (Å²) in [5.41, 5.74) is 2.94. The summed E-state index contributed by atoms with van der Waals surface area (Å²) in [6.45, 7) is 2.35. The van der Waals surface area contributed by atoms with E-state index in [9.17, 15) is 0 Å². The van der Waals surface area contributed by atoms with Crippen molar-refractivity contribution in [3.63, 3.8) is 0 Å². The Bertz CT molecular complexity index is 227. The van der Waals surface area contributed by atoms with Gasteiger partial charge >= 0.3 is 0 Å². The molecule has 15 heavy (non-hydrogen) atoms. The van der Waals surface area contributed by atoms with Crippen LogP contribution in [0.2, 0.25) is 0 Å². The quantitative estimate of drug-likeness (QED) is 0.739. The third kappa shape index (κ3) is 3.61. The molecule has 0 spiro atoms. The van der Waals surface area contributed by atoms with Crippen molar-refractivity contribution in [2.24, 2.45) is 0 Å². The Balaban J connectivity index is 1.65. The fraction of sp³-hybridized carbons (Fsp3) is 0.692. The second kappa shape index (κ2) is 5.84. The van der Waals surface area contributed by atoms with Gasteiger partial charge in [0.05, 0.1) is 0 Å². The molecule has 2 aliphatic rings. The van der Waals surface area contributed by atoms with Crippen molar-refractivity contribution in [1.29, 1.82) is 0 Å². The molecule has 0 aromatic rings. The van der Waals surface area contributed by atoms with E-state index in [1.165, 1.54) is 69.4 Å². The maximum absolute atomic E-state index is 3.48. The van der Waals surface area contributed by atoms with Gasteiger partial charge in [-0.1, -0.05) is 12.2 Å². The van der Waals surface area contributed by atoms with Crippen LogP contribution in [0.5, 0.6) is 0 Å². The topological polar surface area (TPSA) is 24.1 Å². The van der Waals surface area contributed by atoms with Gasteiger partial charge in [-0.25, -0.2) is 0 Å². The highest BCUT2D eigenvalue weighted by Crippen LogP contribution is 2.15. The first kappa shape index (κ1) is 10.6. The first-order chi connectivity index (χ1) is 7.45. The molecule has 84 valence electrons. The summed E-state index contributed by atoms with van der Waals surface area (Å²) >= 11 is 0. The number of hydrogen-bond donors (Lipinski definition) is 2. The lowest BCUT2D eigenvalue weighted by atomic mass is 10.1. The highest BCUT2D eigenvalue weighted by molar-refractivity contribution is 5.06. The zero-order valence-electron chi connectivity index (χ0n) is 9.52. The SMILES string of the molecule is C1=C(CCCC2=CCCCN2)NCCC1. The molecule has 2 nitrogen and oxygen atoms in total. The summed E-state index contributed by atoms with van der Waals surface area (Å²) in [6, 6.07) is 0. The van der Waals surface area contributed by atoms with Crippen molar-refractivity contribution < 1.29 is 0 Å². The molecule has 2 rings (SSSR count). The van der Waals surface area contributed by atoms with Crippen molar-refractivity contribution >= 4 is 0 Å². The van der Waals surface area contributed by atoms with Crippen LogP contribution in [0.3, 0.4) is 0 Å². The number of nitrogens with one attached hydrogen (secondary N) is 2. The molecule has 2 heteroatoms. The van der Waals surface area contributed by atoms with E-state index in [1.807, 2.05) is 0 Å². The van der Waals surface area contributed by atoms with Gasteiger partial charge in [0, 0.05) is 24.5 Å². The zero-order valence-corrected chi connectivity index (χ0v) is 9.52. The lowest BCUT2D eigenvalue weighted by molar-refractivity contribution is 0.611. The maximum atomic E-state index is 3.48. The predicted octanol–water partition coefficient (Wildman–Crippen LogP) is 2.69. The number of allylic oxidation sites excluding steroid dienone is 4. The van der Waals surface area contributed by atoms with Crippen LogP contribution in [-0.4, -0.2) is 13.1 Å². The van der Waals surface area contributed by atoms with E-state index in [2.05, 4.69) is 22.8 Å². The summed E-state index contributed by atoms with van der Waals surface area (Å²) in [4.78, 5) is 0. The van der Waals surface area contributed by atoms with Crippen LogP contribution in [0.25, 0.3) is 0 Å². The molecule has 0 amide bonds. The Hall–Kier alpha value is -0.920. The molecule has 0 aromatic heterocycles. The van der Waals surface area contributed by atoms with E-state index in [-0.39, 0.29) is 0 Å². The van der Waals surface area contributed by atoms with Crippen molar-refractivity contribution in [1.82, 2.24) is 10.6 Å². The van der Waals surface area contributed by atoms with E-state index >= 15 is 0 Å². The molecule has 0 atom stereocenters. The fourth-order valence-corrected chi connectivity index (χ4v) is 2.25. The Kier molecular flexibility index (Phi) is 4.12. The molecule has 0 unspecified atom stereocenters. The van der Waals surface area contributed by atoms with Crippen LogP contribution in [0.1, 0.15) is 44.9 Å². The zero-order chi connectivity index (χ0) is 10.3. The lowest BCUT2D eigenvalue weighted by Gasteiger charge is -2.18. The summed E-state index contributed by atoms with van der Waals surface area (Å²) in [6.07, 6.45) is 13.6. The molecule has 2 N–H and O–H groups in total. The number of rotatable bonds is 4.